The molecule has 2 fully saturated rings. The zero-order valence-corrected chi connectivity index (χ0v) is 15.7. The van der Waals surface area contributed by atoms with E-state index < -0.39 is 0 Å². The molecular formula is C18H33N3O4. The van der Waals surface area contributed by atoms with E-state index in [2.05, 4.69) is 17.1 Å². The molecule has 2 aliphatic heterocycles. The van der Waals surface area contributed by atoms with E-state index in [-0.39, 0.29) is 11.9 Å². The van der Waals surface area contributed by atoms with Crippen molar-refractivity contribution in [1.29, 1.82) is 0 Å². The van der Waals surface area contributed by atoms with Gasteiger partial charge in [0.2, 0.25) is 0 Å². The van der Waals surface area contributed by atoms with Crippen LogP contribution in [0.15, 0.2) is 4.99 Å². The Morgan fingerprint density at radius 2 is 1.96 bits per heavy atom. The van der Waals surface area contributed by atoms with E-state index in [0.29, 0.717) is 6.10 Å². The van der Waals surface area contributed by atoms with E-state index in [1.165, 1.54) is 7.11 Å². The van der Waals surface area contributed by atoms with E-state index in [9.17, 15) is 4.79 Å². The number of esters is 1. The van der Waals surface area contributed by atoms with Crippen LogP contribution >= 0.6 is 0 Å². The largest absolute Gasteiger partial charge is 0.469 e. The van der Waals surface area contributed by atoms with Gasteiger partial charge < -0.3 is 24.4 Å². The predicted octanol–water partition coefficient (Wildman–Crippen LogP) is 1.42. The van der Waals surface area contributed by atoms with Crippen molar-refractivity contribution in [1.82, 2.24) is 10.2 Å². The molecule has 2 rings (SSSR count). The van der Waals surface area contributed by atoms with Gasteiger partial charge in [-0.25, -0.2) is 0 Å². The Labute approximate surface area is 151 Å². The van der Waals surface area contributed by atoms with Crippen LogP contribution in [0.4, 0.5) is 0 Å². The fourth-order valence-electron chi connectivity index (χ4n) is 3.26. The zero-order valence-electron chi connectivity index (χ0n) is 15.7. The van der Waals surface area contributed by atoms with Crippen molar-refractivity contribution in [2.75, 3.05) is 53.1 Å². The van der Waals surface area contributed by atoms with Crippen LogP contribution in [0.3, 0.4) is 0 Å². The molecule has 25 heavy (non-hydrogen) atoms. The number of methoxy groups -OCH3 is 1. The average molecular weight is 355 g/mol. The summed E-state index contributed by atoms with van der Waals surface area (Å²) in [5.41, 5.74) is 0. The topological polar surface area (TPSA) is 72.4 Å². The lowest BCUT2D eigenvalue weighted by Gasteiger charge is -2.33. The smallest absolute Gasteiger partial charge is 0.308 e. The molecule has 0 unspecified atom stereocenters. The zero-order chi connectivity index (χ0) is 17.9. The molecule has 1 N–H and O–H groups in total. The Hall–Kier alpha value is -1.34. The Bertz CT molecular complexity index is 417. The summed E-state index contributed by atoms with van der Waals surface area (Å²) in [4.78, 5) is 18.6. The monoisotopic (exact) mass is 355 g/mol. The van der Waals surface area contributed by atoms with Gasteiger partial charge in [-0.15, -0.1) is 0 Å². The molecule has 0 spiro atoms. The number of piperidine rings is 1. The summed E-state index contributed by atoms with van der Waals surface area (Å²) in [5.74, 6) is 0.876. The molecule has 0 aliphatic carbocycles. The third kappa shape index (κ3) is 6.82. The first kappa shape index (κ1) is 20.0. The third-order valence-electron chi connectivity index (χ3n) is 4.75. The summed E-state index contributed by atoms with van der Waals surface area (Å²) in [6.45, 7) is 7.72. The number of rotatable bonds is 7. The van der Waals surface area contributed by atoms with Gasteiger partial charge in [0, 0.05) is 46.0 Å². The first-order chi connectivity index (χ1) is 12.2. The maximum atomic E-state index is 11.6. The fraction of sp³-hybridized carbons (Fsp3) is 0.889. The predicted molar refractivity (Wildman–Crippen MR) is 96.7 cm³/mol. The molecule has 7 nitrogen and oxygen atoms in total. The lowest BCUT2D eigenvalue weighted by Crippen LogP contribution is -2.46. The van der Waals surface area contributed by atoms with E-state index in [1.807, 2.05) is 0 Å². The highest BCUT2D eigenvalue weighted by atomic mass is 16.5. The van der Waals surface area contributed by atoms with Gasteiger partial charge in [-0.3, -0.25) is 9.79 Å². The quantitative estimate of drug-likeness (QED) is 0.322. The molecule has 2 aliphatic rings. The van der Waals surface area contributed by atoms with Gasteiger partial charge in [-0.05, 0) is 39.0 Å². The molecular weight excluding hydrogens is 322 g/mol. The van der Waals surface area contributed by atoms with Crippen LogP contribution in [-0.4, -0.2) is 76.0 Å². The molecule has 0 saturated carbocycles. The van der Waals surface area contributed by atoms with Gasteiger partial charge in [0.1, 0.15) is 0 Å². The second-order valence-electron chi connectivity index (χ2n) is 6.56. The third-order valence-corrected chi connectivity index (χ3v) is 4.75. The minimum atomic E-state index is -0.0909. The van der Waals surface area contributed by atoms with Gasteiger partial charge in [0.05, 0.1) is 19.1 Å². The minimum absolute atomic E-state index is 0.0250. The van der Waals surface area contributed by atoms with Crippen LogP contribution in [-0.2, 0) is 19.0 Å². The summed E-state index contributed by atoms with van der Waals surface area (Å²) >= 11 is 0. The summed E-state index contributed by atoms with van der Waals surface area (Å²) in [7, 11) is 1.46. The van der Waals surface area contributed by atoms with Crippen molar-refractivity contribution in [3.63, 3.8) is 0 Å². The molecule has 2 saturated heterocycles. The van der Waals surface area contributed by atoms with E-state index in [0.717, 1.165) is 84.1 Å². The summed E-state index contributed by atoms with van der Waals surface area (Å²) in [6.07, 6.45) is 4.92. The second kappa shape index (κ2) is 11.3. The highest BCUT2D eigenvalue weighted by Crippen LogP contribution is 2.18. The average Bonchev–Trinajstić information content (AvgIpc) is 2.67. The van der Waals surface area contributed by atoms with Crippen molar-refractivity contribution < 1.29 is 19.0 Å². The Kier molecular flexibility index (Phi) is 9.04. The molecule has 0 aromatic heterocycles. The number of hydrogen-bond acceptors (Lipinski definition) is 5. The molecule has 0 bridgehead atoms. The minimum Gasteiger partial charge on any atom is -0.469 e. The number of ether oxygens (including phenoxy) is 3. The van der Waals surface area contributed by atoms with Gasteiger partial charge in [-0.2, -0.15) is 0 Å². The van der Waals surface area contributed by atoms with E-state index in [4.69, 9.17) is 19.2 Å². The molecule has 144 valence electrons. The number of nitrogens with zero attached hydrogens (tertiary/aromatic N) is 2. The van der Waals surface area contributed by atoms with E-state index >= 15 is 0 Å². The number of nitrogens with one attached hydrogen (secondary N) is 1. The Morgan fingerprint density at radius 3 is 2.60 bits per heavy atom. The maximum Gasteiger partial charge on any atom is 0.308 e. The van der Waals surface area contributed by atoms with Crippen LogP contribution in [0, 0.1) is 5.92 Å². The van der Waals surface area contributed by atoms with Crippen LogP contribution in [0.5, 0.6) is 0 Å². The number of hydrogen-bond donors (Lipinski definition) is 1. The fourth-order valence-corrected chi connectivity index (χ4v) is 3.26. The molecule has 2 heterocycles. The maximum absolute atomic E-state index is 11.6. The number of carbonyl (C=O) groups is 1. The van der Waals surface area contributed by atoms with Crippen molar-refractivity contribution >= 4 is 11.9 Å². The normalized spacial score (nSPS) is 20.6. The van der Waals surface area contributed by atoms with Crippen LogP contribution in [0.1, 0.15) is 39.0 Å². The Balaban J connectivity index is 1.70. The highest BCUT2D eigenvalue weighted by Gasteiger charge is 2.26. The summed E-state index contributed by atoms with van der Waals surface area (Å²) < 4.78 is 16.1. The van der Waals surface area contributed by atoms with Gasteiger partial charge in [0.25, 0.3) is 0 Å². The second-order valence-corrected chi connectivity index (χ2v) is 6.56. The molecule has 7 heteroatoms. The number of likely N-dealkylation sites (tertiary alicyclic amines) is 1. The van der Waals surface area contributed by atoms with E-state index in [1.54, 1.807) is 0 Å². The number of carbonyl (C=O) groups excluding carboxylic acids is 1. The van der Waals surface area contributed by atoms with Crippen LogP contribution < -0.4 is 5.32 Å². The SMILES string of the molecule is CCNC(=NCCCOC1CCOCC1)N1CCC(C(=O)OC)CC1. The number of guanidine groups is 1. The highest BCUT2D eigenvalue weighted by molar-refractivity contribution is 5.80. The van der Waals surface area contributed by atoms with Gasteiger partial charge in [0.15, 0.2) is 5.96 Å². The summed E-state index contributed by atoms with van der Waals surface area (Å²) in [5, 5.41) is 3.35. The Morgan fingerprint density at radius 1 is 1.24 bits per heavy atom. The van der Waals surface area contributed by atoms with Crippen molar-refractivity contribution in [3.05, 3.63) is 0 Å². The molecule has 0 atom stereocenters. The summed E-state index contributed by atoms with van der Waals surface area (Å²) in [6, 6.07) is 0. The molecule has 0 aromatic carbocycles. The van der Waals surface area contributed by atoms with Crippen LogP contribution in [0.25, 0.3) is 0 Å². The lowest BCUT2D eigenvalue weighted by molar-refractivity contribution is -0.146. The van der Waals surface area contributed by atoms with Crippen LogP contribution in [0.2, 0.25) is 0 Å². The number of aliphatic imine (C=N–C) groups is 1. The van der Waals surface area contributed by atoms with Crippen molar-refractivity contribution in [3.8, 4) is 0 Å². The van der Waals surface area contributed by atoms with Crippen molar-refractivity contribution in [2.24, 2.45) is 10.9 Å². The van der Waals surface area contributed by atoms with Crippen molar-refractivity contribution in [2.45, 2.75) is 45.1 Å². The molecule has 0 amide bonds. The van der Waals surface area contributed by atoms with Gasteiger partial charge in [-0.1, -0.05) is 0 Å². The molecule has 0 aromatic rings. The molecule has 0 radical (unpaired) electrons. The lowest BCUT2D eigenvalue weighted by atomic mass is 9.97. The first-order valence-corrected chi connectivity index (χ1v) is 9.55. The standard InChI is InChI=1S/C18H33N3O4/c1-3-19-18(21-10-5-15(6-11-21)17(22)23-2)20-9-4-12-25-16-7-13-24-14-8-16/h15-16H,3-14H2,1-2H3,(H,19,20). The van der Waals surface area contributed by atoms with Gasteiger partial charge >= 0.3 is 5.97 Å². The first-order valence-electron chi connectivity index (χ1n) is 9.55.